The highest BCUT2D eigenvalue weighted by atomic mass is 35.5. The van der Waals surface area contributed by atoms with E-state index >= 15 is 0 Å². The first kappa shape index (κ1) is 22.7. The van der Waals surface area contributed by atoms with Crippen LogP contribution in [0.15, 0.2) is 76.4 Å². The molecule has 168 valence electrons. The van der Waals surface area contributed by atoms with Gasteiger partial charge in [0.2, 0.25) is 5.91 Å². The van der Waals surface area contributed by atoms with Gasteiger partial charge in [-0.05, 0) is 42.0 Å². The lowest BCUT2D eigenvalue weighted by molar-refractivity contribution is -0.118. The Labute approximate surface area is 199 Å². The van der Waals surface area contributed by atoms with Gasteiger partial charge in [0, 0.05) is 23.3 Å². The van der Waals surface area contributed by atoms with Crippen LogP contribution in [0.2, 0.25) is 5.02 Å². The molecule has 7 nitrogen and oxygen atoms in total. The molecule has 3 aromatic carbocycles. The van der Waals surface area contributed by atoms with Gasteiger partial charge in [-0.3, -0.25) is 9.59 Å². The van der Waals surface area contributed by atoms with Crippen molar-refractivity contribution in [3.63, 3.8) is 0 Å². The monoisotopic (exact) mass is 481 g/mol. The van der Waals surface area contributed by atoms with Crippen molar-refractivity contribution in [3.8, 4) is 5.75 Å². The second kappa shape index (κ2) is 10.4. The van der Waals surface area contributed by atoms with Gasteiger partial charge in [-0.2, -0.15) is 0 Å². The molecule has 0 atom stereocenters. The zero-order chi connectivity index (χ0) is 23.2. The number of oxazole rings is 1. The van der Waals surface area contributed by atoms with Crippen molar-refractivity contribution in [2.24, 2.45) is 0 Å². The molecule has 2 amide bonds. The number of nitrogens with one attached hydrogen (secondary N) is 2. The number of carbonyl (C=O) groups is 2. The number of methoxy groups -OCH3 is 1. The second-order valence-corrected chi connectivity index (χ2v) is 8.37. The Bertz CT molecular complexity index is 1290. The number of hydrogen-bond donors (Lipinski definition) is 2. The molecule has 2 N–H and O–H groups in total. The van der Waals surface area contributed by atoms with Gasteiger partial charge >= 0.3 is 0 Å². The Morgan fingerprint density at radius 3 is 2.67 bits per heavy atom. The number of carbonyl (C=O) groups excluding carboxylic acids is 2. The van der Waals surface area contributed by atoms with E-state index in [9.17, 15) is 9.59 Å². The van der Waals surface area contributed by atoms with Crippen molar-refractivity contribution in [3.05, 3.63) is 82.9 Å². The van der Waals surface area contributed by atoms with Crippen LogP contribution in [0.4, 0.5) is 5.69 Å². The quantitative estimate of drug-likeness (QED) is 0.338. The molecule has 0 aliphatic heterocycles. The van der Waals surface area contributed by atoms with Crippen molar-refractivity contribution in [1.82, 2.24) is 10.3 Å². The molecule has 0 aliphatic rings. The lowest BCUT2D eigenvalue weighted by Gasteiger charge is -2.08. The lowest BCUT2D eigenvalue weighted by atomic mass is 10.2. The van der Waals surface area contributed by atoms with Crippen LogP contribution in [-0.4, -0.2) is 29.7 Å². The van der Waals surface area contributed by atoms with Gasteiger partial charge < -0.3 is 19.8 Å². The van der Waals surface area contributed by atoms with Crippen LogP contribution in [0.25, 0.3) is 11.1 Å². The molecule has 0 aliphatic carbocycles. The number of para-hydroxylation sites is 1. The largest absolute Gasteiger partial charge is 0.496 e. The third kappa shape index (κ3) is 5.85. The maximum atomic E-state index is 12.6. The van der Waals surface area contributed by atoms with Crippen LogP contribution in [0.5, 0.6) is 5.75 Å². The highest BCUT2D eigenvalue weighted by Crippen LogP contribution is 2.26. The fourth-order valence-electron chi connectivity index (χ4n) is 3.05. The summed E-state index contributed by atoms with van der Waals surface area (Å²) in [6.07, 6.45) is 0. The van der Waals surface area contributed by atoms with E-state index in [0.29, 0.717) is 44.9 Å². The van der Waals surface area contributed by atoms with Crippen LogP contribution in [0.3, 0.4) is 0 Å². The second-order valence-electron chi connectivity index (χ2n) is 7.01. The number of ether oxygens (including phenoxy) is 1. The molecule has 33 heavy (non-hydrogen) atoms. The molecule has 0 fully saturated rings. The number of fused-ring (bicyclic) bond motifs is 1. The molecular weight excluding hydrogens is 462 g/mol. The highest BCUT2D eigenvalue weighted by Gasteiger charge is 2.14. The highest BCUT2D eigenvalue weighted by molar-refractivity contribution is 7.99. The Hall–Kier alpha value is -3.49. The van der Waals surface area contributed by atoms with Crippen molar-refractivity contribution in [2.75, 3.05) is 18.2 Å². The summed E-state index contributed by atoms with van der Waals surface area (Å²) in [6, 6.07) is 19.5. The molecule has 4 rings (SSSR count). The van der Waals surface area contributed by atoms with Crippen molar-refractivity contribution in [1.29, 1.82) is 0 Å². The Kier molecular flexibility index (Phi) is 7.16. The zero-order valence-electron chi connectivity index (χ0n) is 17.6. The molecule has 0 saturated heterocycles. The van der Waals surface area contributed by atoms with E-state index in [2.05, 4.69) is 15.6 Å². The van der Waals surface area contributed by atoms with Crippen LogP contribution >= 0.6 is 23.4 Å². The van der Waals surface area contributed by atoms with Gasteiger partial charge in [-0.25, -0.2) is 4.98 Å². The number of aromatic nitrogens is 1. The summed E-state index contributed by atoms with van der Waals surface area (Å²) in [6.45, 7) is 0.416. The minimum absolute atomic E-state index is 0.137. The molecule has 9 heteroatoms. The molecular formula is C24H20ClN3O4S. The topological polar surface area (TPSA) is 93.5 Å². The molecule has 0 unspecified atom stereocenters. The van der Waals surface area contributed by atoms with E-state index in [4.69, 9.17) is 20.8 Å². The predicted molar refractivity (Wildman–Crippen MR) is 129 cm³/mol. The third-order valence-electron chi connectivity index (χ3n) is 4.71. The van der Waals surface area contributed by atoms with E-state index in [-0.39, 0.29) is 17.6 Å². The van der Waals surface area contributed by atoms with E-state index in [1.807, 2.05) is 12.1 Å². The number of amides is 2. The van der Waals surface area contributed by atoms with E-state index < -0.39 is 0 Å². The molecule has 1 heterocycles. The summed E-state index contributed by atoms with van der Waals surface area (Å²) in [4.78, 5) is 29.1. The summed E-state index contributed by atoms with van der Waals surface area (Å²) >= 11 is 7.07. The van der Waals surface area contributed by atoms with Gasteiger partial charge in [-0.15, -0.1) is 0 Å². The fraction of sp³-hybridized carbons (Fsp3) is 0.125. The number of benzene rings is 3. The first-order chi connectivity index (χ1) is 16.0. The summed E-state index contributed by atoms with van der Waals surface area (Å²) in [7, 11) is 1.52. The molecule has 0 bridgehead atoms. The average molecular weight is 482 g/mol. The normalized spacial score (nSPS) is 10.7. The Morgan fingerprint density at radius 2 is 1.88 bits per heavy atom. The number of halogens is 1. The maximum absolute atomic E-state index is 12.6. The van der Waals surface area contributed by atoms with E-state index in [1.165, 1.54) is 18.9 Å². The van der Waals surface area contributed by atoms with Gasteiger partial charge in [0.15, 0.2) is 5.58 Å². The summed E-state index contributed by atoms with van der Waals surface area (Å²) < 4.78 is 11.0. The van der Waals surface area contributed by atoms with Crippen molar-refractivity contribution in [2.45, 2.75) is 11.8 Å². The smallest absolute Gasteiger partial charge is 0.259 e. The van der Waals surface area contributed by atoms with Gasteiger partial charge in [0.05, 0.1) is 18.4 Å². The molecule has 0 spiro atoms. The Morgan fingerprint density at radius 1 is 1.09 bits per heavy atom. The van der Waals surface area contributed by atoms with Crippen LogP contribution in [0.1, 0.15) is 15.9 Å². The standard InChI is InChI=1S/C24H20ClN3O4S/c1-31-20-5-3-2-4-18(20)23(30)27-17-10-11-19-21(12-17)32-24(28-19)33-14-22(29)26-13-15-6-8-16(25)9-7-15/h2-12H,13-14H2,1H3,(H,26,29)(H,27,30). The van der Waals surface area contributed by atoms with Gasteiger partial charge in [0.1, 0.15) is 11.3 Å². The lowest BCUT2D eigenvalue weighted by Crippen LogP contribution is -2.24. The van der Waals surface area contributed by atoms with E-state index in [0.717, 1.165) is 5.56 Å². The van der Waals surface area contributed by atoms with Crippen LogP contribution in [-0.2, 0) is 11.3 Å². The van der Waals surface area contributed by atoms with E-state index in [1.54, 1.807) is 54.6 Å². The molecule has 4 aromatic rings. The molecule has 0 saturated carbocycles. The molecule has 1 aromatic heterocycles. The third-order valence-corrected chi connectivity index (χ3v) is 5.79. The number of hydrogen-bond acceptors (Lipinski definition) is 6. The number of rotatable bonds is 8. The SMILES string of the molecule is COc1ccccc1C(=O)Nc1ccc2nc(SCC(=O)NCc3ccc(Cl)cc3)oc2c1. The fourth-order valence-corrected chi connectivity index (χ4v) is 3.85. The number of nitrogens with zero attached hydrogens (tertiary/aromatic N) is 1. The van der Waals surface area contributed by atoms with Crippen LogP contribution in [0, 0.1) is 0 Å². The van der Waals surface area contributed by atoms with Crippen molar-refractivity contribution < 1.29 is 18.7 Å². The first-order valence-electron chi connectivity index (χ1n) is 10.0. The summed E-state index contributed by atoms with van der Waals surface area (Å²) in [5.74, 6) is 0.224. The molecule has 0 radical (unpaired) electrons. The number of anilines is 1. The first-order valence-corrected chi connectivity index (χ1v) is 11.4. The Balaban J connectivity index is 1.35. The minimum Gasteiger partial charge on any atom is -0.496 e. The van der Waals surface area contributed by atoms with Crippen LogP contribution < -0.4 is 15.4 Å². The van der Waals surface area contributed by atoms with Gasteiger partial charge in [-0.1, -0.05) is 47.6 Å². The number of thioether (sulfide) groups is 1. The maximum Gasteiger partial charge on any atom is 0.259 e. The predicted octanol–water partition coefficient (Wildman–Crippen LogP) is 5.15. The summed E-state index contributed by atoms with van der Waals surface area (Å²) in [5.41, 5.74) is 3.10. The zero-order valence-corrected chi connectivity index (χ0v) is 19.2. The minimum atomic E-state index is -0.293. The van der Waals surface area contributed by atoms with Gasteiger partial charge in [0.25, 0.3) is 11.1 Å². The van der Waals surface area contributed by atoms with Crippen molar-refractivity contribution >= 4 is 52.0 Å². The average Bonchev–Trinajstić information content (AvgIpc) is 3.24. The summed E-state index contributed by atoms with van der Waals surface area (Å²) in [5, 5.41) is 6.71.